The van der Waals surface area contributed by atoms with Crippen LogP contribution in [0, 0.1) is 0 Å². The Labute approximate surface area is 136 Å². The van der Waals surface area contributed by atoms with Gasteiger partial charge in [-0.3, -0.25) is 4.79 Å². The minimum absolute atomic E-state index is 0.00969. The number of quaternary nitrogens is 1. The number of aliphatic carboxylic acids is 2. The second kappa shape index (κ2) is 11.6. The number of amides is 1. The average Bonchev–Trinajstić information content (AvgIpc) is 2.42. The van der Waals surface area contributed by atoms with Gasteiger partial charge in [-0.25, -0.2) is 9.59 Å². The van der Waals surface area contributed by atoms with Gasteiger partial charge in [-0.1, -0.05) is 12.2 Å². The van der Waals surface area contributed by atoms with Crippen LogP contribution in [0.3, 0.4) is 0 Å². The molecule has 0 aliphatic rings. The van der Waals surface area contributed by atoms with E-state index in [0.717, 1.165) is 12.8 Å². The molecule has 0 unspecified atom stereocenters. The molecule has 0 fully saturated rings. The number of aliphatic hydroxyl groups is 1. The first kappa shape index (κ1) is 21.1. The SMILES string of the molecule is C/C=C/CCCC(=O)NCC[N+](CCO)(CC(=O)O)CC(=O)O. The Morgan fingerprint density at radius 3 is 2.17 bits per heavy atom. The van der Waals surface area contributed by atoms with Crippen molar-refractivity contribution in [2.75, 3.05) is 39.3 Å². The van der Waals surface area contributed by atoms with Crippen LogP contribution in [-0.4, -0.2) is 77.0 Å². The number of unbranched alkanes of at least 4 members (excludes halogenated alkanes) is 1. The largest absolute Gasteiger partial charge is 0.477 e. The Kier molecular flexibility index (Phi) is 10.6. The molecule has 0 aromatic rings. The van der Waals surface area contributed by atoms with Crippen LogP contribution in [0.2, 0.25) is 0 Å². The number of rotatable bonds is 13. The molecule has 0 spiro atoms. The van der Waals surface area contributed by atoms with E-state index in [-0.39, 0.29) is 36.6 Å². The van der Waals surface area contributed by atoms with Crippen molar-refractivity contribution in [2.24, 2.45) is 0 Å². The van der Waals surface area contributed by atoms with Crippen LogP contribution in [0.15, 0.2) is 12.2 Å². The molecule has 0 heterocycles. The fourth-order valence-electron chi connectivity index (χ4n) is 2.34. The maximum Gasteiger partial charge on any atom is 0.359 e. The Balaban J connectivity index is 4.49. The summed E-state index contributed by atoms with van der Waals surface area (Å²) in [6.45, 7) is 1.08. The molecule has 1 amide bonds. The molecule has 132 valence electrons. The smallest absolute Gasteiger partial charge is 0.359 e. The standard InChI is InChI=1S/C15H26N2O6/c1-2-3-4-5-6-13(19)16-7-8-17(9-10-18,11-14(20)21)12-15(22)23/h2-3,18H,4-12H2,1H3,(H2-,16,19,20,21,22,23)/p+1/b3-2+. The van der Waals surface area contributed by atoms with Crippen molar-refractivity contribution in [3.05, 3.63) is 12.2 Å². The van der Waals surface area contributed by atoms with Gasteiger partial charge < -0.3 is 25.1 Å². The van der Waals surface area contributed by atoms with Gasteiger partial charge in [0.1, 0.15) is 6.54 Å². The second-order valence-electron chi connectivity index (χ2n) is 5.43. The van der Waals surface area contributed by atoms with Crippen molar-refractivity contribution in [1.82, 2.24) is 5.32 Å². The Bertz CT molecular complexity index is 406. The lowest BCUT2D eigenvalue weighted by molar-refractivity contribution is -0.913. The Hall–Kier alpha value is -1.93. The molecule has 0 atom stereocenters. The molecule has 23 heavy (non-hydrogen) atoms. The molecule has 0 radical (unpaired) electrons. The number of hydrogen-bond acceptors (Lipinski definition) is 4. The molecule has 0 saturated carbocycles. The average molecular weight is 331 g/mol. The number of carboxylic acid groups (broad SMARTS) is 2. The summed E-state index contributed by atoms with van der Waals surface area (Å²) in [5, 5.41) is 29.7. The van der Waals surface area contributed by atoms with Crippen molar-refractivity contribution < 1.29 is 34.2 Å². The topological polar surface area (TPSA) is 124 Å². The van der Waals surface area contributed by atoms with Gasteiger partial charge in [0.25, 0.3) is 0 Å². The summed E-state index contributed by atoms with van der Waals surface area (Å²) in [7, 11) is 0. The third kappa shape index (κ3) is 10.4. The van der Waals surface area contributed by atoms with Gasteiger partial charge in [0.15, 0.2) is 13.1 Å². The molecule has 4 N–H and O–H groups in total. The molecule has 0 aliphatic heterocycles. The fourth-order valence-corrected chi connectivity index (χ4v) is 2.34. The number of carboxylic acids is 2. The number of allylic oxidation sites excluding steroid dienone is 2. The highest BCUT2D eigenvalue weighted by atomic mass is 16.4. The van der Waals surface area contributed by atoms with E-state index in [4.69, 9.17) is 15.3 Å². The second-order valence-corrected chi connectivity index (χ2v) is 5.43. The lowest BCUT2D eigenvalue weighted by Gasteiger charge is -2.35. The first-order chi connectivity index (χ1) is 10.8. The monoisotopic (exact) mass is 331 g/mol. The highest BCUT2D eigenvalue weighted by molar-refractivity contribution is 5.75. The Morgan fingerprint density at radius 2 is 1.70 bits per heavy atom. The third-order valence-corrected chi connectivity index (χ3v) is 3.43. The van der Waals surface area contributed by atoms with E-state index in [0.29, 0.717) is 6.42 Å². The van der Waals surface area contributed by atoms with Gasteiger partial charge in [0.05, 0.1) is 19.7 Å². The Morgan fingerprint density at radius 1 is 1.09 bits per heavy atom. The van der Waals surface area contributed by atoms with Crippen LogP contribution in [0.4, 0.5) is 0 Å². The zero-order chi connectivity index (χ0) is 17.7. The molecule has 0 rings (SSSR count). The van der Waals surface area contributed by atoms with Crippen LogP contribution in [0.5, 0.6) is 0 Å². The summed E-state index contributed by atoms with van der Waals surface area (Å²) in [4.78, 5) is 33.6. The van der Waals surface area contributed by atoms with E-state index in [1.165, 1.54) is 0 Å². The maximum absolute atomic E-state index is 11.7. The molecule has 0 saturated heterocycles. The van der Waals surface area contributed by atoms with Gasteiger partial charge in [0, 0.05) is 6.42 Å². The van der Waals surface area contributed by atoms with Crippen molar-refractivity contribution in [3.63, 3.8) is 0 Å². The van der Waals surface area contributed by atoms with Crippen molar-refractivity contribution in [2.45, 2.75) is 26.2 Å². The number of aliphatic hydroxyl groups excluding tert-OH is 1. The maximum atomic E-state index is 11.7. The summed E-state index contributed by atoms with van der Waals surface area (Å²) in [6.07, 6.45) is 5.78. The van der Waals surface area contributed by atoms with E-state index < -0.39 is 25.0 Å². The number of carbonyl (C=O) groups is 3. The highest BCUT2D eigenvalue weighted by Gasteiger charge is 2.32. The van der Waals surface area contributed by atoms with Gasteiger partial charge in [-0.05, 0) is 19.8 Å². The minimum atomic E-state index is -1.14. The zero-order valence-corrected chi connectivity index (χ0v) is 13.5. The van der Waals surface area contributed by atoms with Gasteiger partial charge in [0.2, 0.25) is 5.91 Å². The van der Waals surface area contributed by atoms with Gasteiger partial charge >= 0.3 is 11.9 Å². The van der Waals surface area contributed by atoms with E-state index in [1.54, 1.807) is 0 Å². The number of hydrogen-bond donors (Lipinski definition) is 4. The van der Waals surface area contributed by atoms with Crippen molar-refractivity contribution >= 4 is 17.8 Å². The molecular weight excluding hydrogens is 304 g/mol. The van der Waals surface area contributed by atoms with Crippen LogP contribution in [0.25, 0.3) is 0 Å². The van der Waals surface area contributed by atoms with Crippen molar-refractivity contribution in [3.8, 4) is 0 Å². The molecule has 8 heteroatoms. The zero-order valence-electron chi connectivity index (χ0n) is 13.5. The predicted octanol–water partition coefficient (Wildman–Crippen LogP) is -0.173. The summed E-state index contributed by atoms with van der Waals surface area (Å²) < 4.78 is -0.306. The lowest BCUT2D eigenvalue weighted by atomic mass is 10.2. The van der Waals surface area contributed by atoms with Crippen molar-refractivity contribution in [1.29, 1.82) is 0 Å². The van der Waals surface area contributed by atoms with E-state index >= 15 is 0 Å². The summed E-state index contributed by atoms with van der Waals surface area (Å²) in [6, 6.07) is 0. The van der Waals surface area contributed by atoms with E-state index in [9.17, 15) is 14.4 Å². The summed E-state index contributed by atoms with van der Waals surface area (Å²) >= 11 is 0. The predicted molar refractivity (Wildman–Crippen MR) is 83.8 cm³/mol. The highest BCUT2D eigenvalue weighted by Crippen LogP contribution is 2.06. The van der Waals surface area contributed by atoms with Crippen LogP contribution >= 0.6 is 0 Å². The van der Waals surface area contributed by atoms with Gasteiger partial charge in [-0.15, -0.1) is 0 Å². The number of nitrogens with one attached hydrogen (secondary N) is 1. The lowest BCUT2D eigenvalue weighted by Crippen LogP contribution is -2.58. The first-order valence-corrected chi connectivity index (χ1v) is 7.62. The van der Waals surface area contributed by atoms with Gasteiger partial charge in [-0.2, -0.15) is 0 Å². The summed E-state index contributed by atoms with van der Waals surface area (Å²) in [5.41, 5.74) is 0. The minimum Gasteiger partial charge on any atom is -0.477 e. The van der Waals surface area contributed by atoms with Crippen LogP contribution in [-0.2, 0) is 14.4 Å². The van der Waals surface area contributed by atoms with E-state index in [1.807, 2.05) is 19.1 Å². The van der Waals surface area contributed by atoms with E-state index in [2.05, 4.69) is 5.32 Å². The molecule has 0 bridgehead atoms. The summed E-state index contributed by atoms with van der Waals surface area (Å²) in [5.74, 6) is -2.43. The fraction of sp³-hybridized carbons (Fsp3) is 0.667. The molecular formula is C15H27N2O6+. The molecule has 0 aromatic carbocycles. The quantitative estimate of drug-likeness (QED) is 0.211. The number of nitrogens with zero attached hydrogens (tertiary/aromatic N) is 1. The number of carbonyl (C=O) groups excluding carboxylic acids is 1. The normalized spacial score (nSPS) is 11.6. The molecule has 0 aliphatic carbocycles. The first-order valence-electron chi connectivity index (χ1n) is 7.62. The molecule has 0 aromatic heterocycles. The molecule has 8 nitrogen and oxygen atoms in total. The third-order valence-electron chi connectivity index (χ3n) is 3.43. The van der Waals surface area contributed by atoms with Crippen LogP contribution in [0.1, 0.15) is 26.2 Å². The van der Waals surface area contributed by atoms with Crippen LogP contribution < -0.4 is 5.32 Å².